The van der Waals surface area contributed by atoms with Crippen molar-refractivity contribution in [3.63, 3.8) is 0 Å². The molecule has 0 amide bonds. The lowest BCUT2D eigenvalue weighted by atomic mass is 9.91. The average molecular weight is 328 g/mol. The van der Waals surface area contributed by atoms with Crippen LogP contribution < -0.4 is 0 Å². The highest BCUT2D eigenvalue weighted by Gasteiger charge is 2.44. The average Bonchev–Trinajstić information content (AvgIpc) is 2.47. The summed E-state index contributed by atoms with van der Waals surface area (Å²) in [6.07, 6.45) is 1.63. The van der Waals surface area contributed by atoms with Gasteiger partial charge >= 0.3 is 11.9 Å². The zero-order valence-electron chi connectivity index (χ0n) is 12.7. The molecule has 0 bridgehead atoms. The van der Waals surface area contributed by atoms with Gasteiger partial charge < -0.3 is 14.7 Å². The zero-order chi connectivity index (χ0) is 15.3. The maximum Gasteiger partial charge on any atom is 0.348 e. The van der Waals surface area contributed by atoms with Crippen LogP contribution in [0.4, 0.5) is 0 Å². The Bertz CT molecular complexity index is 498. The molecular weight excluding hydrogens is 306 g/mol. The second kappa shape index (κ2) is 8.15. The third-order valence-corrected chi connectivity index (χ3v) is 3.95. The molecule has 122 valence electrons. The summed E-state index contributed by atoms with van der Waals surface area (Å²) in [6.45, 7) is 3.41. The van der Waals surface area contributed by atoms with Crippen molar-refractivity contribution >= 4 is 24.3 Å². The minimum atomic E-state index is -1.34. The van der Waals surface area contributed by atoms with Gasteiger partial charge in [0, 0.05) is 39.4 Å². The van der Waals surface area contributed by atoms with Crippen LogP contribution in [0.5, 0.6) is 0 Å². The van der Waals surface area contributed by atoms with Gasteiger partial charge in [-0.05, 0) is 12.0 Å². The topological polar surface area (TPSA) is 66.8 Å². The number of benzene rings is 1. The fourth-order valence-electron chi connectivity index (χ4n) is 2.70. The summed E-state index contributed by atoms with van der Waals surface area (Å²) in [7, 11) is 0. The molecule has 1 aromatic rings. The van der Waals surface area contributed by atoms with E-state index in [1.807, 2.05) is 18.2 Å². The van der Waals surface area contributed by atoms with Gasteiger partial charge in [0.2, 0.25) is 5.60 Å². The highest BCUT2D eigenvalue weighted by atomic mass is 35.5. The molecule has 0 unspecified atom stereocenters. The Morgan fingerprint density at radius 3 is 2.32 bits per heavy atom. The molecule has 22 heavy (non-hydrogen) atoms. The quantitative estimate of drug-likeness (QED) is 0.839. The molecule has 5 nitrogen and oxygen atoms in total. The van der Waals surface area contributed by atoms with Crippen molar-refractivity contribution in [2.75, 3.05) is 19.6 Å². The van der Waals surface area contributed by atoms with Crippen LogP contribution in [0, 0.1) is 0 Å². The molecular formula is C16H22ClNO4. The Balaban J connectivity index is 0.00000242. The van der Waals surface area contributed by atoms with Gasteiger partial charge in [0.1, 0.15) is 0 Å². The van der Waals surface area contributed by atoms with Crippen LogP contribution in [-0.4, -0.2) is 47.2 Å². The Labute approximate surface area is 136 Å². The Kier molecular flexibility index (Phi) is 6.84. The monoisotopic (exact) mass is 327 g/mol. The minimum Gasteiger partial charge on any atom is -0.478 e. The number of likely N-dealkylation sites (tertiary alicyclic amines) is 1. The number of ether oxygens (including phenoxy) is 1. The molecule has 1 heterocycles. The smallest absolute Gasteiger partial charge is 0.348 e. The number of aliphatic carboxylic acids is 1. The first-order valence-electron chi connectivity index (χ1n) is 7.21. The molecule has 6 heteroatoms. The summed E-state index contributed by atoms with van der Waals surface area (Å²) >= 11 is 0. The van der Waals surface area contributed by atoms with E-state index in [9.17, 15) is 14.7 Å². The Morgan fingerprint density at radius 2 is 1.82 bits per heavy atom. The summed E-state index contributed by atoms with van der Waals surface area (Å²) in [5.41, 5.74) is -0.0673. The molecule has 0 radical (unpaired) electrons. The van der Waals surface area contributed by atoms with E-state index in [-0.39, 0.29) is 12.4 Å². The highest BCUT2D eigenvalue weighted by molar-refractivity contribution is 5.85. The predicted octanol–water partition coefficient (Wildman–Crippen LogP) is 2.13. The molecule has 1 saturated heterocycles. The van der Waals surface area contributed by atoms with E-state index in [4.69, 9.17) is 4.74 Å². The van der Waals surface area contributed by atoms with E-state index in [0.717, 1.165) is 13.0 Å². The lowest BCUT2D eigenvalue weighted by Crippen LogP contribution is -2.52. The van der Waals surface area contributed by atoms with Gasteiger partial charge in [-0.3, -0.25) is 4.79 Å². The molecule has 0 spiro atoms. The van der Waals surface area contributed by atoms with Crippen molar-refractivity contribution in [2.24, 2.45) is 0 Å². The molecule has 1 fully saturated rings. The fraction of sp³-hybridized carbons (Fsp3) is 0.500. The number of carbonyl (C=O) groups excluding carboxylic acids is 1. The number of esters is 1. The minimum absolute atomic E-state index is 0. The summed E-state index contributed by atoms with van der Waals surface area (Å²) in [6, 6.07) is 10.2. The molecule has 0 saturated carbocycles. The maximum atomic E-state index is 11.4. The third kappa shape index (κ3) is 4.71. The van der Waals surface area contributed by atoms with Crippen LogP contribution in [-0.2, 0) is 20.7 Å². The number of carboxylic acid groups (broad SMARTS) is 1. The van der Waals surface area contributed by atoms with Gasteiger partial charge in [-0.25, -0.2) is 4.79 Å². The van der Waals surface area contributed by atoms with Crippen molar-refractivity contribution in [1.29, 1.82) is 0 Å². The normalized spacial score (nSPS) is 17.3. The first kappa shape index (κ1) is 18.5. The van der Waals surface area contributed by atoms with Gasteiger partial charge in [-0.1, -0.05) is 30.3 Å². The molecule has 1 aromatic carbocycles. The largest absolute Gasteiger partial charge is 0.478 e. The fourth-order valence-corrected chi connectivity index (χ4v) is 2.70. The number of carboxylic acids is 1. The lowest BCUT2D eigenvalue weighted by molar-refractivity contribution is -0.182. The summed E-state index contributed by atoms with van der Waals surface area (Å²) in [5, 5.41) is 9.34. The van der Waals surface area contributed by atoms with Gasteiger partial charge in [0.25, 0.3) is 0 Å². The van der Waals surface area contributed by atoms with E-state index in [1.54, 1.807) is 0 Å². The first-order valence-corrected chi connectivity index (χ1v) is 7.21. The predicted molar refractivity (Wildman–Crippen MR) is 85.2 cm³/mol. The van der Waals surface area contributed by atoms with E-state index < -0.39 is 17.5 Å². The molecule has 1 aliphatic heterocycles. The van der Waals surface area contributed by atoms with E-state index in [2.05, 4.69) is 17.0 Å². The van der Waals surface area contributed by atoms with Crippen LogP contribution in [0.2, 0.25) is 0 Å². The van der Waals surface area contributed by atoms with Crippen LogP contribution in [0.25, 0.3) is 0 Å². The van der Waals surface area contributed by atoms with Crippen LogP contribution >= 0.6 is 12.4 Å². The number of halogens is 1. The number of hydrogen-bond acceptors (Lipinski definition) is 4. The number of hydrogen-bond donors (Lipinski definition) is 1. The SMILES string of the molecule is CC(=O)OC1(C(=O)O)CCN(CCc2ccccc2)CC1.Cl. The maximum absolute atomic E-state index is 11.4. The van der Waals surface area contributed by atoms with Crippen molar-refractivity contribution in [2.45, 2.75) is 31.8 Å². The van der Waals surface area contributed by atoms with Crippen molar-refractivity contribution in [3.05, 3.63) is 35.9 Å². The van der Waals surface area contributed by atoms with Crippen molar-refractivity contribution < 1.29 is 19.4 Å². The number of carbonyl (C=O) groups is 2. The van der Waals surface area contributed by atoms with E-state index in [1.165, 1.54) is 12.5 Å². The summed E-state index contributed by atoms with van der Waals surface area (Å²) < 4.78 is 5.09. The number of piperidine rings is 1. The highest BCUT2D eigenvalue weighted by Crippen LogP contribution is 2.27. The molecule has 1 N–H and O–H groups in total. The second-order valence-corrected chi connectivity index (χ2v) is 5.47. The van der Waals surface area contributed by atoms with Crippen molar-refractivity contribution in [3.8, 4) is 0 Å². The molecule has 0 aliphatic carbocycles. The van der Waals surface area contributed by atoms with Gasteiger partial charge in [0.05, 0.1) is 0 Å². The van der Waals surface area contributed by atoms with Gasteiger partial charge in [-0.2, -0.15) is 0 Å². The summed E-state index contributed by atoms with van der Waals surface area (Å²) in [4.78, 5) is 24.7. The van der Waals surface area contributed by atoms with Gasteiger partial charge in [0.15, 0.2) is 0 Å². The number of rotatable bonds is 5. The van der Waals surface area contributed by atoms with Gasteiger partial charge in [-0.15, -0.1) is 12.4 Å². The van der Waals surface area contributed by atoms with Crippen LogP contribution in [0.3, 0.4) is 0 Å². The van der Waals surface area contributed by atoms with E-state index >= 15 is 0 Å². The standard InChI is InChI=1S/C16H21NO4.ClH/c1-13(18)21-16(15(19)20)8-11-17(12-9-16)10-7-14-5-3-2-4-6-14;/h2-6H,7-12H2,1H3,(H,19,20);1H. The Morgan fingerprint density at radius 1 is 1.23 bits per heavy atom. The van der Waals surface area contributed by atoms with Crippen LogP contribution in [0.1, 0.15) is 25.3 Å². The summed E-state index contributed by atoms with van der Waals surface area (Å²) in [5.74, 6) is -1.57. The zero-order valence-corrected chi connectivity index (χ0v) is 13.5. The van der Waals surface area contributed by atoms with Crippen LogP contribution in [0.15, 0.2) is 30.3 Å². The second-order valence-electron chi connectivity index (χ2n) is 5.47. The number of nitrogens with zero attached hydrogens (tertiary/aromatic N) is 1. The molecule has 0 aromatic heterocycles. The molecule has 2 rings (SSSR count). The lowest BCUT2D eigenvalue weighted by Gasteiger charge is -2.38. The van der Waals surface area contributed by atoms with Crippen molar-refractivity contribution in [1.82, 2.24) is 4.90 Å². The molecule has 0 atom stereocenters. The Hall–Kier alpha value is -1.59. The molecule has 1 aliphatic rings. The third-order valence-electron chi connectivity index (χ3n) is 3.95. The first-order chi connectivity index (χ1) is 10.0. The van der Waals surface area contributed by atoms with E-state index in [0.29, 0.717) is 25.9 Å².